The zero-order valence-electron chi connectivity index (χ0n) is 26.7. The van der Waals surface area contributed by atoms with Gasteiger partial charge in [0.25, 0.3) is 5.91 Å². The van der Waals surface area contributed by atoms with Crippen molar-refractivity contribution in [3.05, 3.63) is 71.5 Å². The van der Waals surface area contributed by atoms with Crippen molar-refractivity contribution in [1.82, 2.24) is 15.0 Å². The van der Waals surface area contributed by atoms with E-state index in [1.54, 1.807) is 16.7 Å². The Kier molecular flexibility index (Phi) is 9.78. The molecule has 45 heavy (non-hydrogen) atoms. The number of carbonyl (C=O) groups excluding carboxylic acids is 2. The first-order chi connectivity index (χ1) is 21.5. The molecule has 0 aliphatic carbocycles. The van der Waals surface area contributed by atoms with Crippen molar-refractivity contribution in [2.75, 3.05) is 32.3 Å². The fourth-order valence-corrected chi connectivity index (χ4v) is 9.82. The SMILES string of the molecule is COC(=O)CCCCN1C(=O)[C@@]2(O[C@@H](CCn3cc(C(CO)c4ccccc4)nn3)[C@H]([Si](C)(C)O)[C@H]2C)c2cc(OC)ccc21. The van der Waals surface area contributed by atoms with Gasteiger partial charge in [-0.05, 0) is 56.1 Å². The summed E-state index contributed by atoms with van der Waals surface area (Å²) in [7, 11) is 0.119. The molecule has 0 saturated carbocycles. The Balaban J connectivity index is 1.41. The number of benzene rings is 2. The zero-order valence-corrected chi connectivity index (χ0v) is 27.7. The van der Waals surface area contributed by atoms with Gasteiger partial charge in [0.15, 0.2) is 13.9 Å². The van der Waals surface area contributed by atoms with Crippen LogP contribution in [0.1, 0.15) is 55.3 Å². The van der Waals surface area contributed by atoms with Crippen LogP contribution in [-0.2, 0) is 31.2 Å². The van der Waals surface area contributed by atoms with Crippen LogP contribution in [0.4, 0.5) is 5.69 Å². The summed E-state index contributed by atoms with van der Waals surface area (Å²) in [5.41, 5.74) is 1.62. The first-order valence-electron chi connectivity index (χ1n) is 15.6. The second kappa shape index (κ2) is 13.4. The molecule has 5 atom stereocenters. The lowest BCUT2D eigenvalue weighted by Gasteiger charge is -2.32. The van der Waals surface area contributed by atoms with Crippen molar-refractivity contribution in [1.29, 1.82) is 0 Å². The normalized spacial score (nSPS) is 23.4. The van der Waals surface area contributed by atoms with E-state index < -0.39 is 20.0 Å². The van der Waals surface area contributed by atoms with E-state index in [1.807, 2.05) is 74.7 Å². The minimum atomic E-state index is -2.84. The summed E-state index contributed by atoms with van der Waals surface area (Å²) >= 11 is 0. The molecule has 1 spiro atoms. The van der Waals surface area contributed by atoms with Crippen LogP contribution in [0, 0.1) is 5.92 Å². The molecule has 2 aliphatic rings. The molecular formula is C33H44N4O7Si. The predicted octanol–water partition coefficient (Wildman–Crippen LogP) is 3.99. The zero-order chi connectivity index (χ0) is 32.4. The smallest absolute Gasteiger partial charge is 0.305 e. The average molecular weight is 637 g/mol. The number of unbranched alkanes of at least 4 members (excludes halogenated alkanes) is 1. The standard InChI is InChI=1S/C33H44N4O7Si/c1-22-31(45(4,5)41)29(16-18-36-20-27(34-35-36)25(21-38)23-11-7-6-8-12-23)44-33(22)26-19-24(42-2)14-15-28(26)37(32(33)40)17-10-9-13-30(39)43-3/h6-8,11-12,14-15,19-20,22,25,29,31,38,41H,9-10,13,16-18,21H2,1-5H3/t22-,25?,29+,31-,33+/m1/s1. The third-order valence-electron chi connectivity index (χ3n) is 9.37. The van der Waals surface area contributed by atoms with Gasteiger partial charge in [0.1, 0.15) is 5.75 Å². The average Bonchev–Trinajstić information content (AvgIpc) is 3.68. The molecule has 1 amide bonds. The van der Waals surface area contributed by atoms with E-state index in [0.29, 0.717) is 43.8 Å². The highest BCUT2D eigenvalue weighted by atomic mass is 28.4. The van der Waals surface area contributed by atoms with Crippen molar-refractivity contribution >= 4 is 25.9 Å². The van der Waals surface area contributed by atoms with Crippen LogP contribution < -0.4 is 9.64 Å². The number of rotatable bonds is 13. The number of aromatic nitrogens is 3. The van der Waals surface area contributed by atoms with Gasteiger partial charge in [-0.25, -0.2) is 0 Å². The lowest BCUT2D eigenvalue weighted by atomic mass is 9.82. The molecule has 3 heterocycles. The summed E-state index contributed by atoms with van der Waals surface area (Å²) in [5, 5.41) is 18.8. The third kappa shape index (κ3) is 6.29. The molecule has 242 valence electrons. The predicted molar refractivity (Wildman–Crippen MR) is 170 cm³/mol. The molecule has 2 N–H and O–H groups in total. The van der Waals surface area contributed by atoms with Crippen molar-refractivity contribution in [3.63, 3.8) is 0 Å². The number of methoxy groups -OCH3 is 2. The van der Waals surface area contributed by atoms with Crippen LogP contribution in [0.2, 0.25) is 18.6 Å². The summed E-state index contributed by atoms with van der Waals surface area (Å²) in [5.74, 6) is -0.403. The van der Waals surface area contributed by atoms with Crippen LogP contribution in [0.25, 0.3) is 0 Å². The highest BCUT2D eigenvalue weighted by Gasteiger charge is 2.66. The number of aliphatic hydroxyl groups excluding tert-OH is 1. The summed E-state index contributed by atoms with van der Waals surface area (Å²) in [6.07, 6.45) is 3.44. The Hall–Kier alpha value is -3.58. The second-order valence-corrected chi connectivity index (χ2v) is 16.5. The lowest BCUT2D eigenvalue weighted by Crippen LogP contribution is -2.46. The maximum Gasteiger partial charge on any atom is 0.305 e. The van der Waals surface area contributed by atoms with Gasteiger partial charge in [0.2, 0.25) is 0 Å². The van der Waals surface area contributed by atoms with Crippen molar-refractivity contribution in [2.45, 2.75) is 75.4 Å². The highest BCUT2D eigenvalue weighted by molar-refractivity contribution is 6.71. The fourth-order valence-electron chi connectivity index (χ4n) is 7.21. The van der Waals surface area contributed by atoms with Crippen LogP contribution in [0.5, 0.6) is 5.75 Å². The molecule has 0 radical (unpaired) electrons. The van der Waals surface area contributed by atoms with E-state index in [2.05, 4.69) is 10.3 Å². The van der Waals surface area contributed by atoms with E-state index in [9.17, 15) is 19.5 Å². The molecule has 1 fully saturated rings. The van der Waals surface area contributed by atoms with Gasteiger partial charge < -0.3 is 29.0 Å². The molecule has 2 aromatic carbocycles. The molecule has 11 nitrogen and oxygen atoms in total. The molecule has 5 rings (SSSR count). The topological polar surface area (TPSA) is 136 Å². The van der Waals surface area contributed by atoms with Gasteiger partial charge in [0.05, 0.1) is 44.2 Å². The Labute approximate surface area is 265 Å². The van der Waals surface area contributed by atoms with Crippen molar-refractivity contribution < 1.29 is 33.7 Å². The number of hydrogen-bond acceptors (Lipinski definition) is 9. The number of amides is 1. The number of aliphatic hydroxyl groups is 1. The maximum atomic E-state index is 14.5. The van der Waals surface area contributed by atoms with Gasteiger partial charge >= 0.3 is 5.97 Å². The fraction of sp³-hybridized carbons (Fsp3) is 0.515. The number of carbonyl (C=O) groups is 2. The van der Waals surface area contributed by atoms with Crippen LogP contribution in [0.15, 0.2) is 54.7 Å². The lowest BCUT2D eigenvalue weighted by molar-refractivity contribution is -0.146. The Morgan fingerprint density at radius 1 is 1.13 bits per heavy atom. The quantitative estimate of drug-likeness (QED) is 0.162. The summed E-state index contributed by atoms with van der Waals surface area (Å²) in [6, 6.07) is 15.3. The van der Waals surface area contributed by atoms with Crippen molar-refractivity contribution in [2.24, 2.45) is 5.92 Å². The van der Waals surface area contributed by atoms with E-state index in [1.165, 1.54) is 7.11 Å². The number of nitrogens with zero attached hydrogens (tertiary/aromatic N) is 4. The molecular weight excluding hydrogens is 592 g/mol. The van der Waals surface area contributed by atoms with Crippen LogP contribution >= 0.6 is 0 Å². The number of anilines is 1. The molecule has 2 aliphatic heterocycles. The molecule has 1 aromatic heterocycles. The summed E-state index contributed by atoms with van der Waals surface area (Å²) in [4.78, 5) is 39.5. The molecule has 12 heteroatoms. The minimum Gasteiger partial charge on any atom is -0.497 e. The molecule has 1 unspecified atom stereocenters. The number of fused-ring (bicyclic) bond motifs is 2. The largest absolute Gasteiger partial charge is 0.497 e. The van der Waals surface area contributed by atoms with E-state index >= 15 is 0 Å². The first kappa shape index (κ1) is 32.8. The van der Waals surface area contributed by atoms with Gasteiger partial charge in [-0.3, -0.25) is 14.3 Å². The van der Waals surface area contributed by atoms with Gasteiger partial charge in [-0.2, -0.15) is 0 Å². The van der Waals surface area contributed by atoms with E-state index in [0.717, 1.165) is 16.8 Å². The van der Waals surface area contributed by atoms with Gasteiger partial charge in [0, 0.05) is 42.7 Å². The van der Waals surface area contributed by atoms with E-state index in [4.69, 9.17) is 14.2 Å². The number of hydrogen-bond donors (Lipinski definition) is 2. The van der Waals surface area contributed by atoms with Gasteiger partial charge in [-0.15, -0.1) is 5.10 Å². The Morgan fingerprint density at radius 2 is 1.89 bits per heavy atom. The highest BCUT2D eigenvalue weighted by Crippen LogP contribution is 2.60. The first-order valence-corrected chi connectivity index (χ1v) is 18.6. The molecule has 0 bridgehead atoms. The summed E-state index contributed by atoms with van der Waals surface area (Å²) in [6.45, 7) is 6.61. The van der Waals surface area contributed by atoms with Crippen LogP contribution in [-0.4, -0.2) is 78.6 Å². The van der Waals surface area contributed by atoms with Crippen LogP contribution in [0.3, 0.4) is 0 Å². The summed E-state index contributed by atoms with van der Waals surface area (Å²) < 4.78 is 19.0. The maximum absolute atomic E-state index is 14.5. The third-order valence-corrected chi connectivity index (χ3v) is 11.9. The molecule has 3 aromatic rings. The Morgan fingerprint density at radius 3 is 2.56 bits per heavy atom. The molecule has 1 saturated heterocycles. The van der Waals surface area contributed by atoms with Gasteiger partial charge in [-0.1, -0.05) is 42.5 Å². The second-order valence-electron chi connectivity index (χ2n) is 12.6. The monoisotopic (exact) mass is 636 g/mol. The van der Waals surface area contributed by atoms with E-state index in [-0.39, 0.29) is 42.3 Å². The van der Waals surface area contributed by atoms with Crippen molar-refractivity contribution in [3.8, 4) is 5.75 Å². The Bertz CT molecular complexity index is 1490. The minimum absolute atomic E-state index is 0.0922. The number of ether oxygens (including phenoxy) is 3. The number of aryl methyl sites for hydroxylation is 1. The number of esters is 1.